The summed E-state index contributed by atoms with van der Waals surface area (Å²) >= 11 is 0. The predicted molar refractivity (Wildman–Crippen MR) is 146 cm³/mol. The number of aryl methyl sites for hydroxylation is 1. The number of ether oxygens (including phenoxy) is 1. The number of nitro benzene ring substituents is 1. The second kappa shape index (κ2) is 11.1. The molecular weight excluding hydrogens is 514 g/mol. The van der Waals surface area contributed by atoms with Gasteiger partial charge in [0.1, 0.15) is 0 Å². The number of nitro groups is 1. The molecule has 204 valence electrons. The molecule has 1 saturated heterocycles. The fourth-order valence-corrected chi connectivity index (χ4v) is 5.53. The maximum atomic E-state index is 13.4. The molecular formula is C30H27N3O7. The van der Waals surface area contributed by atoms with E-state index in [1.54, 1.807) is 19.1 Å². The maximum absolute atomic E-state index is 13.4. The van der Waals surface area contributed by atoms with Gasteiger partial charge in [-0.05, 0) is 61.9 Å². The van der Waals surface area contributed by atoms with Crippen LogP contribution >= 0.6 is 0 Å². The van der Waals surface area contributed by atoms with Crippen LogP contribution in [0.15, 0.2) is 72.8 Å². The van der Waals surface area contributed by atoms with Crippen LogP contribution in [0.4, 0.5) is 17.1 Å². The predicted octanol–water partition coefficient (Wildman–Crippen LogP) is 4.77. The number of nitrogens with zero attached hydrogens (tertiary/aromatic N) is 2. The normalized spacial score (nSPS) is 20.1. The number of esters is 1. The van der Waals surface area contributed by atoms with E-state index in [1.165, 1.54) is 30.3 Å². The van der Waals surface area contributed by atoms with Gasteiger partial charge < -0.3 is 10.1 Å². The Balaban J connectivity index is 1.23. The standard InChI is InChI=1S/C30H27N3O7/c1-18-10-12-22(16-26(18)33(38)39)31-27(34)17-40-30(37)21-8-5-9-23(14-21)32-28(35)24-13-11-20(15-25(24)29(32)36)19-6-3-2-4-7-19/h2-10,12,14,16,20,24-25H,11,13,15,17H2,1H3,(H,31,34)/t20-,24-,25-/m1/s1. The van der Waals surface area contributed by atoms with Crippen LogP contribution in [0.5, 0.6) is 0 Å². The second-order valence-electron chi connectivity index (χ2n) is 10.1. The van der Waals surface area contributed by atoms with Crippen LogP contribution in [0.3, 0.4) is 0 Å². The Morgan fingerprint density at radius 2 is 1.73 bits per heavy atom. The number of carbonyl (C=O) groups is 4. The number of nitrogens with one attached hydrogen (secondary N) is 1. The topological polar surface area (TPSA) is 136 Å². The minimum absolute atomic E-state index is 0.0777. The molecule has 0 unspecified atom stereocenters. The molecule has 0 spiro atoms. The van der Waals surface area contributed by atoms with Crippen molar-refractivity contribution in [1.29, 1.82) is 0 Å². The summed E-state index contributed by atoms with van der Waals surface area (Å²) in [5.74, 6) is -2.62. The van der Waals surface area contributed by atoms with Crippen molar-refractivity contribution in [3.63, 3.8) is 0 Å². The van der Waals surface area contributed by atoms with Crippen LogP contribution in [0.2, 0.25) is 0 Å². The summed E-state index contributed by atoms with van der Waals surface area (Å²) in [7, 11) is 0. The van der Waals surface area contributed by atoms with Crippen molar-refractivity contribution in [2.75, 3.05) is 16.8 Å². The smallest absolute Gasteiger partial charge is 0.338 e. The minimum Gasteiger partial charge on any atom is -0.452 e. The molecule has 3 amide bonds. The van der Waals surface area contributed by atoms with Crippen molar-refractivity contribution in [2.45, 2.75) is 32.1 Å². The van der Waals surface area contributed by atoms with Crippen LogP contribution in [-0.4, -0.2) is 35.2 Å². The van der Waals surface area contributed by atoms with Crippen molar-refractivity contribution in [2.24, 2.45) is 11.8 Å². The summed E-state index contributed by atoms with van der Waals surface area (Å²) in [5.41, 5.74) is 2.02. The lowest BCUT2D eigenvalue weighted by Gasteiger charge is -2.28. The molecule has 10 nitrogen and oxygen atoms in total. The van der Waals surface area contributed by atoms with Gasteiger partial charge >= 0.3 is 5.97 Å². The molecule has 0 radical (unpaired) electrons. The number of fused-ring (bicyclic) bond motifs is 1. The highest BCUT2D eigenvalue weighted by Gasteiger charge is 2.50. The Morgan fingerprint density at radius 1 is 0.975 bits per heavy atom. The zero-order chi connectivity index (χ0) is 28.4. The summed E-state index contributed by atoms with van der Waals surface area (Å²) < 4.78 is 5.12. The molecule has 3 atom stereocenters. The molecule has 1 aliphatic heterocycles. The number of carbonyl (C=O) groups excluding carboxylic acids is 4. The lowest BCUT2D eigenvalue weighted by Crippen LogP contribution is -2.31. The zero-order valence-corrected chi connectivity index (χ0v) is 21.7. The minimum atomic E-state index is -0.812. The lowest BCUT2D eigenvalue weighted by molar-refractivity contribution is -0.385. The Kier molecular flexibility index (Phi) is 7.41. The van der Waals surface area contributed by atoms with Gasteiger partial charge in [-0.2, -0.15) is 0 Å². The highest BCUT2D eigenvalue weighted by atomic mass is 16.6. The SMILES string of the molecule is Cc1ccc(NC(=O)COC(=O)c2cccc(N3C(=O)[C@@H]4CC[C@@H](c5ccccc5)C[C@H]4C3=O)c2)cc1[N+](=O)[O-]. The van der Waals surface area contributed by atoms with Crippen LogP contribution in [0.1, 0.15) is 46.7 Å². The molecule has 2 aliphatic rings. The monoisotopic (exact) mass is 541 g/mol. The Morgan fingerprint density at radius 3 is 2.48 bits per heavy atom. The number of rotatable bonds is 7. The van der Waals surface area contributed by atoms with E-state index in [0.29, 0.717) is 18.4 Å². The van der Waals surface area contributed by atoms with E-state index < -0.39 is 29.3 Å². The van der Waals surface area contributed by atoms with E-state index in [4.69, 9.17) is 4.74 Å². The largest absolute Gasteiger partial charge is 0.452 e. The molecule has 1 heterocycles. The fourth-order valence-electron chi connectivity index (χ4n) is 5.53. The third-order valence-electron chi connectivity index (χ3n) is 7.56. The molecule has 10 heteroatoms. The van der Waals surface area contributed by atoms with Gasteiger partial charge in [-0.25, -0.2) is 4.79 Å². The number of anilines is 2. The van der Waals surface area contributed by atoms with Gasteiger partial charge in [-0.3, -0.25) is 29.4 Å². The number of hydrogen-bond donors (Lipinski definition) is 1. The third kappa shape index (κ3) is 5.33. The average Bonchev–Trinajstić information content (AvgIpc) is 3.21. The van der Waals surface area contributed by atoms with Crippen LogP contribution in [0.25, 0.3) is 0 Å². The van der Waals surface area contributed by atoms with Crippen molar-refractivity contribution in [1.82, 2.24) is 0 Å². The first-order chi connectivity index (χ1) is 19.2. The number of amides is 3. The first kappa shape index (κ1) is 26.7. The number of benzene rings is 3. The average molecular weight is 542 g/mol. The molecule has 1 saturated carbocycles. The van der Waals surface area contributed by atoms with Gasteiger partial charge in [-0.15, -0.1) is 0 Å². The van der Waals surface area contributed by atoms with E-state index in [-0.39, 0.29) is 46.3 Å². The third-order valence-corrected chi connectivity index (χ3v) is 7.56. The number of imide groups is 1. The van der Waals surface area contributed by atoms with E-state index >= 15 is 0 Å². The molecule has 3 aromatic rings. The fraction of sp³-hybridized carbons (Fsp3) is 0.267. The molecule has 1 aliphatic carbocycles. The summed E-state index contributed by atoms with van der Waals surface area (Å²) in [4.78, 5) is 63.3. The van der Waals surface area contributed by atoms with E-state index in [2.05, 4.69) is 5.32 Å². The number of hydrogen-bond acceptors (Lipinski definition) is 7. The summed E-state index contributed by atoms with van der Waals surface area (Å²) in [6.07, 6.45) is 2.03. The first-order valence-electron chi connectivity index (χ1n) is 13.0. The van der Waals surface area contributed by atoms with E-state index in [0.717, 1.165) is 16.9 Å². The van der Waals surface area contributed by atoms with Crippen molar-refractivity contribution >= 4 is 40.8 Å². The Labute approximate surface area is 230 Å². The van der Waals surface area contributed by atoms with Gasteiger partial charge in [0, 0.05) is 17.3 Å². The van der Waals surface area contributed by atoms with Gasteiger partial charge in [0.15, 0.2) is 6.61 Å². The Hall–Kier alpha value is -4.86. The molecule has 2 fully saturated rings. The summed E-state index contributed by atoms with van der Waals surface area (Å²) in [6, 6.07) is 20.2. The molecule has 0 bridgehead atoms. The summed E-state index contributed by atoms with van der Waals surface area (Å²) in [6.45, 7) is 0.954. The van der Waals surface area contributed by atoms with Crippen LogP contribution in [0, 0.1) is 28.9 Å². The molecule has 3 aromatic carbocycles. The van der Waals surface area contributed by atoms with E-state index in [9.17, 15) is 29.3 Å². The van der Waals surface area contributed by atoms with Gasteiger partial charge in [0.2, 0.25) is 11.8 Å². The second-order valence-corrected chi connectivity index (χ2v) is 10.1. The van der Waals surface area contributed by atoms with Crippen LogP contribution < -0.4 is 10.2 Å². The van der Waals surface area contributed by atoms with E-state index in [1.807, 2.05) is 30.3 Å². The zero-order valence-electron chi connectivity index (χ0n) is 21.7. The molecule has 0 aromatic heterocycles. The molecule has 1 N–H and O–H groups in total. The van der Waals surface area contributed by atoms with Crippen LogP contribution in [-0.2, 0) is 19.1 Å². The van der Waals surface area contributed by atoms with Crippen molar-refractivity contribution in [3.8, 4) is 0 Å². The highest BCUT2D eigenvalue weighted by molar-refractivity contribution is 6.22. The summed E-state index contributed by atoms with van der Waals surface area (Å²) in [5, 5.41) is 13.6. The highest BCUT2D eigenvalue weighted by Crippen LogP contribution is 2.45. The first-order valence-corrected chi connectivity index (χ1v) is 13.0. The van der Waals surface area contributed by atoms with Crippen molar-refractivity contribution in [3.05, 3.63) is 99.6 Å². The molecule has 5 rings (SSSR count). The quantitative estimate of drug-likeness (QED) is 0.197. The van der Waals surface area contributed by atoms with Gasteiger partial charge in [-0.1, -0.05) is 42.5 Å². The van der Waals surface area contributed by atoms with Gasteiger partial charge in [0.05, 0.1) is 28.0 Å². The maximum Gasteiger partial charge on any atom is 0.338 e. The Bertz CT molecular complexity index is 1500. The van der Waals surface area contributed by atoms with Crippen molar-refractivity contribution < 1.29 is 28.8 Å². The lowest BCUT2D eigenvalue weighted by atomic mass is 9.73. The van der Waals surface area contributed by atoms with Gasteiger partial charge in [0.25, 0.3) is 11.6 Å². The molecule has 40 heavy (non-hydrogen) atoms.